The lowest BCUT2D eigenvalue weighted by Gasteiger charge is -2.34. The van der Waals surface area contributed by atoms with E-state index < -0.39 is 0 Å². The molecule has 0 radical (unpaired) electrons. The first kappa shape index (κ1) is 21.6. The molecule has 1 saturated heterocycles. The molecule has 9 heteroatoms. The number of benzene rings is 2. The van der Waals surface area contributed by atoms with Crippen molar-refractivity contribution >= 4 is 46.4 Å². The Balaban J connectivity index is 1.38. The van der Waals surface area contributed by atoms with E-state index in [1.807, 2.05) is 6.07 Å². The van der Waals surface area contributed by atoms with Gasteiger partial charge in [-0.15, -0.1) is 11.3 Å². The Hall–Kier alpha value is -2.61. The summed E-state index contributed by atoms with van der Waals surface area (Å²) >= 11 is 13.4. The summed E-state index contributed by atoms with van der Waals surface area (Å²) in [7, 11) is 1.59. The van der Waals surface area contributed by atoms with Crippen molar-refractivity contribution in [1.82, 2.24) is 14.8 Å². The van der Waals surface area contributed by atoms with E-state index in [9.17, 15) is 9.59 Å². The maximum atomic E-state index is 12.9. The van der Waals surface area contributed by atoms with Gasteiger partial charge in [-0.1, -0.05) is 29.3 Å². The molecule has 31 heavy (non-hydrogen) atoms. The van der Waals surface area contributed by atoms with E-state index in [1.54, 1.807) is 58.7 Å². The van der Waals surface area contributed by atoms with Gasteiger partial charge in [0.2, 0.25) is 0 Å². The van der Waals surface area contributed by atoms with Crippen molar-refractivity contribution in [2.75, 3.05) is 33.3 Å². The molecule has 2 amide bonds. The van der Waals surface area contributed by atoms with Crippen LogP contribution in [0.25, 0.3) is 10.6 Å². The smallest absolute Gasteiger partial charge is 0.273 e. The van der Waals surface area contributed by atoms with Crippen molar-refractivity contribution in [2.24, 2.45) is 0 Å². The van der Waals surface area contributed by atoms with Crippen LogP contribution in [0.4, 0.5) is 0 Å². The van der Waals surface area contributed by atoms with Gasteiger partial charge in [0.15, 0.2) is 0 Å². The fourth-order valence-electron chi connectivity index (χ4n) is 3.32. The topological polar surface area (TPSA) is 62.7 Å². The van der Waals surface area contributed by atoms with Crippen LogP contribution in [0.5, 0.6) is 5.75 Å². The number of aromatic nitrogens is 1. The lowest BCUT2D eigenvalue weighted by molar-refractivity contribution is 0.0533. The Morgan fingerprint density at radius 3 is 2.19 bits per heavy atom. The Kier molecular flexibility index (Phi) is 6.46. The molecule has 0 N–H and O–H groups in total. The molecule has 1 aliphatic rings. The minimum atomic E-state index is -0.140. The number of halogens is 2. The van der Waals surface area contributed by atoms with Crippen LogP contribution in [0.15, 0.2) is 47.8 Å². The monoisotopic (exact) mass is 475 g/mol. The first-order valence-electron chi connectivity index (χ1n) is 9.60. The van der Waals surface area contributed by atoms with Gasteiger partial charge in [-0.05, 0) is 36.4 Å². The molecule has 0 bridgehead atoms. The minimum Gasteiger partial charge on any atom is -0.497 e. The number of carbonyl (C=O) groups is 2. The van der Waals surface area contributed by atoms with E-state index in [1.165, 1.54) is 11.3 Å². The van der Waals surface area contributed by atoms with Gasteiger partial charge in [-0.2, -0.15) is 0 Å². The van der Waals surface area contributed by atoms with Gasteiger partial charge in [0.1, 0.15) is 16.5 Å². The molecule has 0 unspecified atom stereocenters. The van der Waals surface area contributed by atoms with Crippen molar-refractivity contribution in [3.8, 4) is 16.3 Å². The molecular formula is C22H19Cl2N3O3S. The number of ether oxygens (including phenoxy) is 1. The summed E-state index contributed by atoms with van der Waals surface area (Å²) in [4.78, 5) is 33.6. The summed E-state index contributed by atoms with van der Waals surface area (Å²) in [6.07, 6.45) is 0. The van der Waals surface area contributed by atoms with Crippen molar-refractivity contribution < 1.29 is 14.3 Å². The molecule has 2 heterocycles. The maximum absolute atomic E-state index is 12.9. The summed E-state index contributed by atoms with van der Waals surface area (Å²) in [6, 6.07) is 12.3. The minimum absolute atomic E-state index is 0.0506. The van der Waals surface area contributed by atoms with Gasteiger partial charge >= 0.3 is 0 Å². The highest BCUT2D eigenvalue weighted by Gasteiger charge is 2.27. The highest BCUT2D eigenvalue weighted by Crippen LogP contribution is 2.30. The Bertz CT molecular complexity index is 1110. The summed E-state index contributed by atoms with van der Waals surface area (Å²) in [5, 5.41) is 3.37. The second-order valence-corrected chi connectivity index (χ2v) is 8.65. The first-order chi connectivity index (χ1) is 15.0. The van der Waals surface area contributed by atoms with Gasteiger partial charge in [0.05, 0.1) is 17.2 Å². The predicted molar refractivity (Wildman–Crippen MR) is 122 cm³/mol. The van der Waals surface area contributed by atoms with E-state index in [-0.39, 0.29) is 11.8 Å². The van der Waals surface area contributed by atoms with E-state index in [0.717, 1.165) is 5.56 Å². The molecule has 0 spiro atoms. The number of carbonyl (C=O) groups excluding carboxylic acids is 2. The average Bonchev–Trinajstić information content (AvgIpc) is 3.30. The van der Waals surface area contributed by atoms with Crippen LogP contribution in [0.1, 0.15) is 20.8 Å². The maximum Gasteiger partial charge on any atom is 0.273 e. The van der Waals surface area contributed by atoms with Gasteiger partial charge in [-0.25, -0.2) is 4.98 Å². The van der Waals surface area contributed by atoms with E-state index in [4.69, 9.17) is 27.9 Å². The molecule has 1 aliphatic heterocycles. The molecule has 1 fully saturated rings. The fraction of sp³-hybridized carbons (Fsp3) is 0.227. The number of rotatable bonds is 4. The molecule has 6 nitrogen and oxygen atoms in total. The molecule has 3 aromatic rings. The van der Waals surface area contributed by atoms with E-state index >= 15 is 0 Å². The summed E-state index contributed by atoms with van der Waals surface area (Å²) in [5.41, 5.74) is 1.81. The molecule has 1 aromatic heterocycles. The van der Waals surface area contributed by atoms with Crippen molar-refractivity contribution in [2.45, 2.75) is 0 Å². The van der Waals surface area contributed by atoms with E-state index in [2.05, 4.69) is 4.98 Å². The van der Waals surface area contributed by atoms with Crippen LogP contribution in [-0.2, 0) is 0 Å². The van der Waals surface area contributed by atoms with E-state index in [0.29, 0.717) is 58.2 Å². The standard InChI is InChI=1S/C22H19Cl2N3O3S/c1-30-16-5-2-14(3-6-16)21(28)26-8-10-27(11-9-26)22(29)19-13-31-20(25-19)15-4-7-17(23)18(24)12-15/h2-7,12-13H,8-11H2,1H3. The quantitative estimate of drug-likeness (QED) is 0.547. The summed E-state index contributed by atoms with van der Waals surface area (Å²) < 4.78 is 5.13. The van der Waals surface area contributed by atoms with Gasteiger partial charge in [0, 0.05) is 42.7 Å². The molecule has 0 aliphatic carbocycles. The third-order valence-electron chi connectivity index (χ3n) is 5.08. The molecule has 160 valence electrons. The number of nitrogens with zero attached hydrogens (tertiary/aromatic N) is 3. The highest BCUT2D eigenvalue weighted by molar-refractivity contribution is 7.13. The lowest BCUT2D eigenvalue weighted by atomic mass is 10.1. The number of amides is 2. The van der Waals surface area contributed by atoms with Crippen LogP contribution in [0.3, 0.4) is 0 Å². The Morgan fingerprint density at radius 2 is 1.58 bits per heavy atom. The van der Waals surface area contributed by atoms with Crippen molar-refractivity contribution in [3.05, 3.63) is 69.1 Å². The number of thiazole rings is 1. The molecule has 0 atom stereocenters. The van der Waals surface area contributed by atoms with Crippen molar-refractivity contribution in [1.29, 1.82) is 0 Å². The number of hydrogen-bond donors (Lipinski definition) is 0. The summed E-state index contributed by atoms with van der Waals surface area (Å²) in [6.45, 7) is 1.86. The predicted octanol–water partition coefficient (Wildman–Crippen LogP) is 4.72. The Morgan fingerprint density at radius 1 is 0.935 bits per heavy atom. The van der Waals surface area contributed by atoms with Crippen LogP contribution in [-0.4, -0.2) is 59.9 Å². The normalized spacial score (nSPS) is 13.9. The number of piperazine rings is 1. The highest BCUT2D eigenvalue weighted by atomic mass is 35.5. The van der Waals surface area contributed by atoms with Crippen LogP contribution >= 0.6 is 34.5 Å². The Labute approximate surface area is 194 Å². The fourth-order valence-corrected chi connectivity index (χ4v) is 4.41. The second kappa shape index (κ2) is 9.26. The SMILES string of the molecule is COc1ccc(C(=O)N2CCN(C(=O)c3csc(-c4ccc(Cl)c(Cl)c4)n3)CC2)cc1. The van der Waals surface area contributed by atoms with Gasteiger partial charge in [0.25, 0.3) is 11.8 Å². The molecule has 2 aromatic carbocycles. The number of methoxy groups -OCH3 is 1. The molecular weight excluding hydrogens is 457 g/mol. The van der Waals surface area contributed by atoms with Gasteiger partial charge < -0.3 is 14.5 Å². The second-order valence-electron chi connectivity index (χ2n) is 6.98. The molecule has 0 saturated carbocycles. The average molecular weight is 476 g/mol. The summed E-state index contributed by atoms with van der Waals surface area (Å²) in [5.74, 6) is 0.514. The zero-order chi connectivity index (χ0) is 22.0. The van der Waals surface area contributed by atoms with Crippen LogP contribution in [0.2, 0.25) is 10.0 Å². The third-order valence-corrected chi connectivity index (χ3v) is 6.71. The zero-order valence-electron chi connectivity index (χ0n) is 16.7. The third kappa shape index (κ3) is 4.69. The largest absolute Gasteiger partial charge is 0.497 e. The zero-order valence-corrected chi connectivity index (χ0v) is 19.0. The van der Waals surface area contributed by atoms with Gasteiger partial charge in [-0.3, -0.25) is 9.59 Å². The van der Waals surface area contributed by atoms with Crippen LogP contribution in [0, 0.1) is 0 Å². The number of hydrogen-bond acceptors (Lipinski definition) is 5. The first-order valence-corrected chi connectivity index (χ1v) is 11.2. The lowest BCUT2D eigenvalue weighted by Crippen LogP contribution is -2.50. The van der Waals surface area contributed by atoms with Crippen molar-refractivity contribution in [3.63, 3.8) is 0 Å². The van der Waals surface area contributed by atoms with Crippen LogP contribution < -0.4 is 4.74 Å². The molecule has 4 rings (SSSR count).